The highest BCUT2D eigenvalue weighted by molar-refractivity contribution is 5.96. The standard InChI is InChI=1S/C19H19NO2/c1-12(8-14-6-4-3-5-7-14)15-10-19(22)20-17-11-18(21)13(2)9-16(15)17/h3-9,11,15,21H,10H2,1-2H3,(H,20,22). The van der Waals surface area contributed by atoms with Crippen molar-refractivity contribution in [2.24, 2.45) is 0 Å². The van der Waals surface area contributed by atoms with E-state index in [2.05, 4.69) is 30.4 Å². The van der Waals surface area contributed by atoms with Gasteiger partial charge in [0, 0.05) is 24.1 Å². The van der Waals surface area contributed by atoms with Crippen LogP contribution in [0.5, 0.6) is 5.75 Å². The second-order valence-corrected chi connectivity index (χ2v) is 5.83. The fraction of sp³-hybridized carbons (Fsp3) is 0.211. The number of amides is 1. The third-order valence-electron chi connectivity index (χ3n) is 4.15. The topological polar surface area (TPSA) is 49.3 Å². The molecule has 112 valence electrons. The summed E-state index contributed by atoms with van der Waals surface area (Å²) in [7, 11) is 0. The molecule has 1 amide bonds. The summed E-state index contributed by atoms with van der Waals surface area (Å²) in [6, 6.07) is 13.7. The highest BCUT2D eigenvalue weighted by atomic mass is 16.3. The number of hydrogen-bond acceptors (Lipinski definition) is 2. The average Bonchev–Trinajstić information content (AvgIpc) is 2.49. The van der Waals surface area contributed by atoms with E-state index >= 15 is 0 Å². The SMILES string of the molecule is CC(=Cc1ccccc1)C1CC(=O)Nc2cc(O)c(C)cc21. The van der Waals surface area contributed by atoms with E-state index in [4.69, 9.17) is 0 Å². The number of aryl methyl sites for hydroxylation is 1. The number of fused-ring (bicyclic) bond motifs is 1. The van der Waals surface area contributed by atoms with E-state index in [1.165, 1.54) is 0 Å². The number of nitrogens with one attached hydrogen (secondary N) is 1. The van der Waals surface area contributed by atoms with Crippen LogP contribution in [0.4, 0.5) is 5.69 Å². The van der Waals surface area contributed by atoms with E-state index in [0.29, 0.717) is 12.1 Å². The summed E-state index contributed by atoms with van der Waals surface area (Å²) in [5.41, 5.74) is 4.88. The summed E-state index contributed by atoms with van der Waals surface area (Å²) in [5, 5.41) is 12.7. The molecule has 0 aromatic heterocycles. The van der Waals surface area contributed by atoms with Gasteiger partial charge in [0.05, 0.1) is 0 Å². The van der Waals surface area contributed by atoms with Crippen LogP contribution in [0.25, 0.3) is 6.08 Å². The van der Waals surface area contributed by atoms with Gasteiger partial charge in [0.25, 0.3) is 0 Å². The molecule has 0 saturated heterocycles. The Morgan fingerprint density at radius 2 is 2.00 bits per heavy atom. The van der Waals surface area contributed by atoms with Crippen molar-refractivity contribution in [3.63, 3.8) is 0 Å². The van der Waals surface area contributed by atoms with Crippen LogP contribution < -0.4 is 5.32 Å². The third kappa shape index (κ3) is 2.75. The zero-order chi connectivity index (χ0) is 15.7. The molecule has 0 aliphatic carbocycles. The summed E-state index contributed by atoms with van der Waals surface area (Å²) >= 11 is 0. The molecule has 0 saturated carbocycles. The first-order valence-corrected chi connectivity index (χ1v) is 7.41. The first-order valence-electron chi connectivity index (χ1n) is 7.41. The van der Waals surface area contributed by atoms with E-state index in [0.717, 1.165) is 22.3 Å². The van der Waals surface area contributed by atoms with Gasteiger partial charge in [-0.15, -0.1) is 0 Å². The van der Waals surface area contributed by atoms with Crippen molar-refractivity contribution in [2.45, 2.75) is 26.2 Å². The Morgan fingerprint density at radius 3 is 2.73 bits per heavy atom. The Hall–Kier alpha value is -2.55. The molecule has 3 nitrogen and oxygen atoms in total. The second kappa shape index (κ2) is 5.68. The van der Waals surface area contributed by atoms with Crippen LogP contribution in [-0.2, 0) is 4.79 Å². The molecule has 2 N–H and O–H groups in total. The van der Waals surface area contributed by atoms with Gasteiger partial charge in [-0.25, -0.2) is 0 Å². The number of benzene rings is 2. The lowest BCUT2D eigenvalue weighted by Crippen LogP contribution is -2.23. The molecule has 0 fully saturated rings. The fourth-order valence-corrected chi connectivity index (χ4v) is 2.93. The van der Waals surface area contributed by atoms with Crippen molar-refractivity contribution >= 4 is 17.7 Å². The molecule has 3 heteroatoms. The normalized spacial score (nSPS) is 17.8. The van der Waals surface area contributed by atoms with Crippen LogP contribution in [0.2, 0.25) is 0 Å². The molecule has 3 rings (SSSR count). The van der Waals surface area contributed by atoms with Gasteiger partial charge in [0.2, 0.25) is 5.91 Å². The molecular formula is C19H19NO2. The van der Waals surface area contributed by atoms with E-state index in [-0.39, 0.29) is 17.6 Å². The predicted molar refractivity (Wildman–Crippen MR) is 88.9 cm³/mol. The number of allylic oxidation sites excluding steroid dienone is 1. The number of hydrogen-bond donors (Lipinski definition) is 2. The minimum atomic E-state index is -0.0124. The van der Waals surface area contributed by atoms with Crippen molar-refractivity contribution in [3.8, 4) is 5.75 Å². The molecule has 1 unspecified atom stereocenters. The van der Waals surface area contributed by atoms with E-state index < -0.39 is 0 Å². The molecule has 0 bridgehead atoms. The quantitative estimate of drug-likeness (QED) is 0.870. The Bertz CT molecular complexity index is 748. The molecule has 1 heterocycles. The third-order valence-corrected chi connectivity index (χ3v) is 4.15. The molecule has 1 aliphatic rings. The van der Waals surface area contributed by atoms with Gasteiger partial charge < -0.3 is 10.4 Å². The zero-order valence-electron chi connectivity index (χ0n) is 12.8. The number of rotatable bonds is 2. The molecule has 2 aromatic rings. The molecular weight excluding hydrogens is 274 g/mol. The Kier molecular flexibility index (Phi) is 3.72. The van der Waals surface area contributed by atoms with Crippen LogP contribution in [0.1, 0.15) is 36.0 Å². The van der Waals surface area contributed by atoms with Gasteiger partial charge in [0.15, 0.2) is 0 Å². The summed E-state index contributed by atoms with van der Waals surface area (Å²) in [6.07, 6.45) is 2.56. The van der Waals surface area contributed by atoms with Crippen LogP contribution >= 0.6 is 0 Å². The largest absolute Gasteiger partial charge is 0.508 e. The van der Waals surface area contributed by atoms with E-state index in [9.17, 15) is 9.90 Å². The number of anilines is 1. The molecule has 0 spiro atoms. The smallest absolute Gasteiger partial charge is 0.225 e. The van der Waals surface area contributed by atoms with Crippen LogP contribution in [0, 0.1) is 6.92 Å². The summed E-state index contributed by atoms with van der Waals surface area (Å²) in [6.45, 7) is 3.93. The highest BCUT2D eigenvalue weighted by Gasteiger charge is 2.27. The Labute approximate surface area is 130 Å². The number of aromatic hydroxyl groups is 1. The van der Waals surface area contributed by atoms with Crippen molar-refractivity contribution in [1.29, 1.82) is 0 Å². The van der Waals surface area contributed by atoms with Crippen LogP contribution in [-0.4, -0.2) is 11.0 Å². The minimum absolute atomic E-state index is 0.0124. The summed E-state index contributed by atoms with van der Waals surface area (Å²) in [4.78, 5) is 12.0. The number of carbonyl (C=O) groups is 1. The van der Waals surface area contributed by atoms with Crippen molar-refractivity contribution < 1.29 is 9.90 Å². The summed E-state index contributed by atoms with van der Waals surface area (Å²) < 4.78 is 0. The lowest BCUT2D eigenvalue weighted by Gasteiger charge is -2.27. The highest BCUT2D eigenvalue weighted by Crippen LogP contribution is 2.40. The van der Waals surface area contributed by atoms with E-state index in [1.807, 2.05) is 31.2 Å². The number of phenols is 1. The fourth-order valence-electron chi connectivity index (χ4n) is 2.93. The van der Waals surface area contributed by atoms with Crippen molar-refractivity contribution in [3.05, 3.63) is 64.7 Å². The average molecular weight is 293 g/mol. The van der Waals surface area contributed by atoms with Crippen molar-refractivity contribution in [1.82, 2.24) is 0 Å². The minimum Gasteiger partial charge on any atom is -0.508 e. The molecule has 22 heavy (non-hydrogen) atoms. The Balaban J connectivity index is 2.03. The van der Waals surface area contributed by atoms with Gasteiger partial charge in [-0.1, -0.05) is 42.0 Å². The van der Waals surface area contributed by atoms with Crippen LogP contribution in [0.15, 0.2) is 48.0 Å². The Morgan fingerprint density at radius 1 is 1.27 bits per heavy atom. The maximum atomic E-state index is 12.0. The molecule has 2 aromatic carbocycles. The molecule has 1 aliphatic heterocycles. The first-order chi connectivity index (χ1) is 10.5. The number of phenolic OH excluding ortho intramolecular Hbond substituents is 1. The van der Waals surface area contributed by atoms with Crippen molar-refractivity contribution in [2.75, 3.05) is 5.32 Å². The van der Waals surface area contributed by atoms with Gasteiger partial charge in [-0.2, -0.15) is 0 Å². The lowest BCUT2D eigenvalue weighted by molar-refractivity contribution is -0.116. The predicted octanol–water partition coefficient (Wildman–Crippen LogP) is 4.23. The zero-order valence-corrected chi connectivity index (χ0v) is 12.8. The lowest BCUT2D eigenvalue weighted by atomic mass is 9.83. The monoisotopic (exact) mass is 293 g/mol. The van der Waals surface area contributed by atoms with Gasteiger partial charge in [-0.3, -0.25) is 4.79 Å². The maximum Gasteiger partial charge on any atom is 0.225 e. The maximum absolute atomic E-state index is 12.0. The van der Waals surface area contributed by atoms with Gasteiger partial charge >= 0.3 is 0 Å². The molecule has 1 atom stereocenters. The summed E-state index contributed by atoms with van der Waals surface area (Å²) in [5.74, 6) is 0.245. The van der Waals surface area contributed by atoms with Gasteiger partial charge in [0.1, 0.15) is 5.75 Å². The van der Waals surface area contributed by atoms with Gasteiger partial charge in [-0.05, 0) is 36.6 Å². The molecule has 0 radical (unpaired) electrons. The van der Waals surface area contributed by atoms with E-state index in [1.54, 1.807) is 6.07 Å². The van der Waals surface area contributed by atoms with Crippen LogP contribution in [0.3, 0.4) is 0 Å². The number of carbonyl (C=O) groups excluding carboxylic acids is 1. The first kappa shape index (κ1) is 14.4. The second-order valence-electron chi connectivity index (χ2n) is 5.83.